The Hall–Kier alpha value is -0.0800. The topological polar surface area (TPSA) is 29.3 Å². The maximum Gasteiger partial charge on any atom is 0.00924 e. The highest BCUT2D eigenvalue weighted by molar-refractivity contribution is 4.79. The molecule has 0 radical (unpaired) electrons. The summed E-state index contributed by atoms with van der Waals surface area (Å²) in [5.74, 6) is 0. The third-order valence-corrected chi connectivity index (χ3v) is 3.43. The summed E-state index contributed by atoms with van der Waals surface area (Å²) in [7, 11) is 2.26. The van der Waals surface area contributed by atoms with E-state index in [9.17, 15) is 0 Å². The van der Waals surface area contributed by atoms with E-state index < -0.39 is 0 Å². The van der Waals surface area contributed by atoms with Crippen molar-refractivity contribution >= 4 is 0 Å². The predicted octanol–water partition coefficient (Wildman–Crippen LogP) is 2.24. The molecule has 0 aromatic rings. The van der Waals surface area contributed by atoms with Gasteiger partial charge in [-0.2, -0.15) is 0 Å². The fraction of sp³-hybridized carbons (Fsp3) is 1.00. The van der Waals surface area contributed by atoms with Gasteiger partial charge >= 0.3 is 0 Å². The van der Waals surface area contributed by atoms with E-state index in [1.165, 1.54) is 32.1 Å². The van der Waals surface area contributed by atoms with E-state index in [-0.39, 0.29) is 5.41 Å². The molecule has 0 aliphatic heterocycles. The second-order valence-corrected chi connectivity index (χ2v) is 5.58. The molecule has 0 spiro atoms. The van der Waals surface area contributed by atoms with Crippen LogP contribution >= 0.6 is 0 Å². The summed E-state index contributed by atoms with van der Waals surface area (Å²) in [5, 5.41) is 0. The number of nitrogens with two attached hydrogens (primary N) is 1. The van der Waals surface area contributed by atoms with E-state index >= 15 is 0 Å². The summed E-state index contributed by atoms with van der Waals surface area (Å²) in [4.78, 5) is 2.52. The van der Waals surface area contributed by atoms with Gasteiger partial charge in [-0.1, -0.05) is 33.1 Å². The van der Waals surface area contributed by atoms with Crippen LogP contribution in [0.5, 0.6) is 0 Å². The van der Waals surface area contributed by atoms with Crippen molar-refractivity contribution < 1.29 is 0 Å². The lowest BCUT2D eigenvalue weighted by atomic mass is 9.89. The molecule has 0 atom stereocenters. The first-order chi connectivity index (χ1) is 6.55. The first-order valence-corrected chi connectivity index (χ1v) is 5.95. The fourth-order valence-corrected chi connectivity index (χ4v) is 2.39. The highest BCUT2D eigenvalue weighted by Gasteiger charge is 2.24. The zero-order valence-electron chi connectivity index (χ0n) is 10.1. The molecule has 2 heteroatoms. The number of hydrogen-bond acceptors (Lipinski definition) is 2. The minimum absolute atomic E-state index is 0.270. The van der Waals surface area contributed by atoms with Gasteiger partial charge in [0.25, 0.3) is 0 Å². The van der Waals surface area contributed by atoms with E-state index in [1.807, 2.05) is 0 Å². The molecular formula is C12H26N2. The predicted molar refractivity (Wildman–Crippen MR) is 62.3 cm³/mol. The van der Waals surface area contributed by atoms with Crippen molar-refractivity contribution in [2.45, 2.75) is 52.0 Å². The Morgan fingerprint density at radius 2 is 1.79 bits per heavy atom. The average Bonchev–Trinajstić information content (AvgIpc) is 2.19. The van der Waals surface area contributed by atoms with Crippen molar-refractivity contribution in [3.05, 3.63) is 0 Å². The quantitative estimate of drug-likeness (QED) is 0.750. The minimum atomic E-state index is 0.270. The molecule has 0 heterocycles. The molecule has 1 fully saturated rings. The number of hydrogen-bond donors (Lipinski definition) is 1. The Balaban J connectivity index is 2.36. The maximum atomic E-state index is 5.76. The Morgan fingerprint density at radius 3 is 2.29 bits per heavy atom. The first kappa shape index (κ1) is 12.0. The van der Waals surface area contributed by atoms with Gasteiger partial charge in [-0.05, 0) is 31.8 Å². The van der Waals surface area contributed by atoms with E-state index in [1.54, 1.807) is 0 Å². The van der Waals surface area contributed by atoms with E-state index in [4.69, 9.17) is 5.73 Å². The van der Waals surface area contributed by atoms with Gasteiger partial charge in [0.2, 0.25) is 0 Å². The summed E-state index contributed by atoms with van der Waals surface area (Å²) >= 11 is 0. The average molecular weight is 198 g/mol. The summed E-state index contributed by atoms with van der Waals surface area (Å²) in [5.41, 5.74) is 6.03. The summed E-state index contributed by atoms with van der Waals surface area (Å²) in [6.07, 6.45) is 7.04. The Bertz CT molecular complexity index is 160. The Labute approximate surface area is 88.8 Å². The largest absolute Gasteiger partial charge is 0.330 e. The fourth-order valence-electron chi connectivity index (χ4n) is 2.39. The lowest BCUT2D eigenvalue weighted by Crippen LogP contribution is -2.42. The molecule has 1 aliphatic rings. The molecule has 0 amide bonds. The molecule has 0 saturated heterocycles. The van der Waals surface area contributed by atoms with Crippen molar-refractivity contribution in [2.24, 2.45) is 11.1 Å². The third-order valence-electron chi connectivity index (χ3n) is 3.43. The van der Waals surface area contributed by atoms with Crippen LogP contribution in [0.1, 0.15) is 46.0 Å². The van der Waals surface area contributed by atoms with E-state index in [2.05, 4.69) is 25.8 Å². The zero-order chi connectivity index (χ0) is 10.6. The van der Waals surface area contributed by atoms with Gasteiger partial charge in [0.15, 0.2) is 0 Å². The molecule has 1 rings (SSSR count). The van der Waals surface area contributed by atoms with Crippen LogP contribution in [0.4, 0.5) is 0 Å². The van der Waals surface area contributed by atoms with Crippen molar-refractivity contribution in [3.8, 4) is 0 Å². The van der Waals surface area contributed by atoms with Gasteiger partial charge in [0, 0.05) is 12.6 Å². The molecule has 0 aromatic carbocycles. The molecule has 0 aromatic heterocycles. The second-order valence-electron chi connectivity index (χ2n) is 5.58. The highest BCUT2D eigenvalue weighted by Crippen LogP contribution is 2.24. The van der Waals surface area contributed by atoms with E-state index in [0.717, 1.165) is 19.1 Å². The molecule has 0 unspecified atom stereocenters. The molecule has 2 N–H and O–H groups in total. The number of rotatable bonds is 4. The van der Waals surface area contributed by atoms with Crippen LogP contribution in [0.25, 0.3) is 0 Å². The standard InChI is InChI=1S/C12H26N2/c1-12(2,9-13)10-14(3)11-7-5-4-6-8-11/h11H,4-10,13H2,1-3H3. The van der Waals surface area contributed by atoms with Gasteiger partial charge < -0.3 is 10.6 Å². The van der Waals surface area contributed by atoms with Crippen LogP contribution in [0.15, 0.2) is 0 Å². The second kappa shape index (κ2) is 5.13. The maximum absolute atomic E-state index is 5.76. The molecule has 0 bridgehead atoms. The molecule has 1 saturated carbocycles. The van der Waals surface area contributed by atoms with Crippen LogP contribution in [-0.2, 0) is 0 Å². The Morgan fingerprint density at radius 1 is 1.21 bits per heavy atom. The smallest absolute Gasteiger partial charge is 0.00924 e. The Kier molecular flexibility index (Phi) is 4.39. The van der Waals surface area contributed by atoms with Crippen molar-refractivity contribution in [1.29, 1.82) is 0 Å². The van der Waals surface area contributed by atoms with Crippen molar-refractivity contribution in [1.82, 2.24) is 4.90 Å². The van der Waals surface area contributed by atoms with E-state index in [0.29, 0.717) is 0 Å². The molecule has 14 heavy (non-hydrogen) atoms. The SMILES string of the molecule is CN(CC(C)(C)CN)C1CCCCC1. The molecule has 84 valence electrons. The normalized spacial score (nSPS) is 20.4. The third kappa shape index (κ3) is 3.58. The van der Waals surface area contributed by atoms with Gasteiger partial charge in [0.1, 0.15) is 0 Å². The summed E-state index contributed by atoms with van der Waals surface area (Å²) in [6.45, 7) is 6.43. The van der Waals surface area contributed by atoms with Crippen molar-refractivity contribution in [2.75, 3.05) is 20.1 Å². The lowest BCUT2D eigenvalue weighted by molar-refractivity contribution is 0.136. The van der Waals surface area contributed by atoms with Gasteiger partial charge in [-0.3, -0.25) is 0 Å². The van der Waals surface area contributed by atoms with Crippen LogP contribution in [0.3, 0.4) is 0 Å². The molecule has 2 nitrogen and oxygen atoms in total. The highest BCUT2D eigenvalue weighted by atomic mass is 15.1. The molecular weight excluding hydrogens is 172 g/mol. The van der Waals surface area contributed by atoms with Gasteiger partial charge in [0.05, 0.1) is 0 Å². The van der Waals surface area contributed by atoms with Crippen LogP contribution in [0.2, 0.25) is 0 Å². The molecule has 1 aliphatic carbocycles. The first-order valence-electron chi connectivity index (χ1n) is 5.95. The van der Waals surface area contributed by atoms with Crippen LogP contribution in [-0.4, -0.2) is 31.1 Å². The zero-order valence-corrected chi connectivity index (χ0v) is 10.1. The minimum Gasteiger partial charge on any atom is -0.330 e. The van der Waals surface area contributed by atoms with Gasteiger partial charge in [-0.15, -0.1) is 0 Å². The summed E-state index contributed by atoms with van der Waals surface area (Å²) in [6, 6.07) is 0.814. The monoisotopic (exact) mass is 198 g/mol. The number of nitrogens with zero attached hydrogens (tertiary/aromatic N) is 1. The summed E-state index contributed by atoms with van der Waals surface area (Å²) < 4.78 is 0. The lowest BCUT2D eigenvalue weighted by Gasteiger charge is -2.36. The van der Waals surface area contributed by atoms with Gasteiger partial charge in [-0.25, -0.2) is 0 Å². The van der Waals surface area contributed by atoms with Crippen molar-refractivity contribution in [3.63, 3.8) is 0 Å². The van der Waals surface area contributed by atoms with Crippen LogP contribution in [0, 0.1) is 5.41 Å². The van der Waals surface area contributed by atoms with Crippen LogP contribution < -0.4 is 5.73 Å².